The van der Waals surface area contributed by atoms with Crippen molar-refractivity contribution in [3.63, 3.8) is 0 Å². The molecule has 0 aliphatic carbocycles. The first kappa shape index (κ1) is 19.4. The summed E-state index contributed by atoms with van der Waals surface area (Å²) in [4.78, 5) is 18.6. The summed E-state index contributed by atoms with van der Waals surface area (Å²) in [5.74, 6) is 1.26. The lowest BCUT2D eigenvalue weighted by Gasteiger charge is -2.36. The van der Waals surface area contributed by atoms with E-state index in [9.17, 15) is 4.79 Å². The molecule has 152 valence electrons. The van der Waals surface area contributed by atoms with Crippen molar-refractivity contribution in [2.45, 2.75) is 33.2 Å². The second-order valence-corrected chi connectivity index (χ2v) is 8.27. The predicted molar refractivity (Wildman–Crippen MR) is 117 cm³/mol. The fourth-order valence-corrected chi connectivity index (χ4v) is 4.10. The molecule has 0 radical (unpaired) electrons. The van der Waals surface area contributed by atoms with Gasteiger partial charge in [-0.05, 0) is 48.6 Å². The van der Waals surface area contributed by atoms with Gasteiger partial charge in [0, 0.05) is 29.7 Å². The summed E-state index contributed by atoms with van der Waals surface area (Å²) >= 11 is 0. The quantitative estimate of drug-likeness (QED) is 0.671. The summed E-state index contributed by atoms with van der Waals surface area (Å²) in [5.41, 5.74) is 5.79. The second kappa shape index (κ2) is 7.82. The summed E-state index contributed by atoms with van der Waals surface area (Å²) in [5, 5.41) is 4.28. The fourth-order valence-electron chi connectivity index (χ4n) is 4.10. The molecule has 3 aromatic rings. The zero-order valence-electron chi connectivity index (χ0n) is 17.6. The molecule has 2 N–H and O–H groups in total. The van der Waals surface area contributed by atoms with Gasteiger partial charge in [-0.1, -0.05) is 43.7 Å². The number of nitrogens with zero attached hydrogens (tertiary/aromatic N) is 1. The van der Waals surface area contributed by atoms with Crippen LogP contribution in [0.2, 0.25) is 0 Å². The zero-order chi connectivity index (χ0) is 20.5. The highest BCUT2D eigenvalue weighted by Crippen LogP contribution is 2.39. The highest BCUT2D eigenvalue weighted by Gasteiger charge is 2.34. The highest BCUT2D eigenvalue weighted by atomic mass is 16.5. The molecule has 1 aromatic heterocycles. The van der Waals surface area contributed by atoms with Crippen LogP contribution < -0.4 is 10.1 Å². The number of fused-ring (bicyclic) bond motifs is 3. The Kier molecular flexibility index (Phi) is 5.22. The first-order valence-corrected chi connectivity index (χ1v) is 10.3. The van der Waals surface area contributed by atoms with Gasteiger partial charge in [0.15, 0.2) is 0 Å². The lowest BCUT2D eigenvalue weighted by molar-refractivity contribution is 0.178. The smallest absolute Gasteiger partial charge is 0.318 e. The van der Waals surface area contributed by atoms with Crippen LogP contribution in [-0.2, 0) is 6.42 Å². The van der Waals surface area contributed by atoms with Gasteiger partial charge in [-0.3, -0.25) is 0 Å². The number of carbonyl (C=O) groups is 1. The van der Waals surface area contributed by atoms with Gasteiger partial charge in [0.2, 0.25) is 0 Å². The van der Waals surface area contributed by atoms with Gasteiger partial charge in [-0.15, -0.1) is 0 Å². The number of H-pyrrole nitrogens is 1. The van der Waals surface area contributed by atoms with Crippen molar-refractivity contribution in [3.8, 4) is 5.75 Å². The van der Waals surface area contributed by atoms with Gasteiger partial charge >= 0.3 is 6.03 Å². The number of ether oxygens (including phenoxy) is 1. The molecule has 1 aliphatic heterocycles. The van der Waals surface area contributed by atoms with Crippen molar-refractivity contribution in [2.24, 2.45) is 5.92 Å². The van der Waals surface area contributed by atoms with Crippen LogP contribution in [0.3, 0.4) is 0 Å². The zero-order valence-corrected chi connectivity index (χ0v) is 17.6. The van der Waals surface area contributed by atoms with Crippen molar-refractivity contribution in [2.75, 3.05) is 20.2 Å². The van der Waals surface area contributed by atoms with E-state index in [2.05, 4.69) is 67.5 Å². The third kappa shape index (κ3) is 3.69. The maximum absolute atomic E-state index is 13.1. The molecule has 29 heavy (non-hydrogen) atoms. The molecule has 0 fully saturated rings. The lowest BCUT2D eigenvalue weighted by Crippen LogP contribution is -2.46. The number of hydrogen-bond acceptors (Lipinski definition) is 2. The van der Waals surface area contributed by atoms with Crippen LogP contribution in [0.4, 0.5) is 4.79 Å². The van der Waals surface area contributed by atoms with Crippen molar-refractivity contribution >= 4 is 16.9 Å². The molecule has 5 nitrogen and oxygen atoms in total. The van der Waals surface area contributed by atoms with Crippen LogP contribution in [-0.4, -0.2) is 36.1 Å². The average Bonchev–Trinajstić information content (AvgIpc) is 3.09. The van der Waals surface area contributed by atoms with E-state index in [-0.39, 0.29) is 12.1 Å². The summed E-state index contributed by atoms with van der Waals surface area (Å²) in [6, 6.07) is 14.5. The summed E-state index contributed by atoms with van der Waals surface area (Å²) in [6.07, 6.45) is 0.819. The molecule has 2 heterocycles. The Morgan fingerprint density at radius 2 is 2.00 bits per heavy atom. The number of nitrogens with one attached hydrogen (secondary N) is 2. The number of aromatic amines is 1. The normalized spacial score (nSPS) is 16.2. The van der Waals surface area contributed by atoms with E-state index in [0.717, 1.165) is 28.9 Å². The first-order chi connectivity index (χ1) is 14.0. The van der Waals surface area contributed by atoms with Gasteiger partial charge in [-0.25, -0.2) is 4.79 Å². The number of methoxy groups -OCH3 is 1. The minimum atomic E-state index is -0.134. The molecule has 2 aromatic carbocycles. The Balaban J connectivity index is 1.80. The Labute approximate surface area is 172 Å². The third-order valence-electron chi connectivity index (χ3n) is 5.65. The molecular weight excluding hydrogens is 362 g/mol. The van der Waals surface area contributed by atoms with E-state index < -0.39 is 0 Å². The van der Waals surface area contributed by atoms with Gasteiger partial charge in [-0.2, -0.15) is 0 Å². The molecule has 0 spiro atoms. The number of benzene rings is 2. The Morgan fingerprint density at radius 1 is 1.24 bits per heavy atom. The first-order valence-electron chi connectivity index (χ1n) is 10.3. The molecule has 1 unspecified atom stereocenters. The maximum Gasteiger partial charge on any atom is 0.318 e. The van der Waals surface area contributed by atoms with E-state index in [1.54, 1.807) is 7.11 Å². The number of urea groups is 1. The van der Waals surface area contributed by atoms with Crippen molar-refractivity contribution in [1.82, 2.24) is 15.2 Å². The van der Waals surface area contributed by atoms with E-state index >= 15 is 0 Å². The van der Waals surface area contributed by atoms with Crippen LogP contribution >= 0.6 is 0 Å². The van der Waals surface area contributed by atoms with Crippen molar-refractivity contribution in [1.29, 1.82) is 0 Å². The van der Waals surface area contributed by atoms with Crippen molar-refractivity contribution < 1.29 is 9.53 Å². The number of aryl methyl sites for hydroxylation is 1. The van der Waals surface area contributed by atoms with Gasteiger partial charge in [0.05, 0.1) is 13.2 Å². The molecule has 5 heteroatoms. The number of rotatable bonds is 4. The molecule has 0 saturated carbocycles. The van der Waals surface area contributed by atoms with Crippen LogP contribution in [0.5, 0.6) is 5.75 Å². The summed E-state index contributed by atoms with van der Waals surface area (Å²) < 4.78 is 5.43. The second-order valence-electron chi connectivity index (χ2n) is 8.27. The molecule has 1 atom stereocenters. The number of carbonyl (C=O) groups excluding carboxylic acids is 1. The maximum atomic E-state index is 13.1. The molecule has 0 saturated heterocycles. The Bertz CT molecular complexity index is 1020. The van der Waals surface area contributed by atoms with Crippen molar-refractivity contribution in [3.05, 3.63) is 64.8 Å². The van der Waals surface area contributed by atoms with Crippen LogP contribution in [0, 0.1) is 12.8 Å². The largest absolute Gasteiger partial charge is 0.497 e. The van der Waals surface area contributed by atoms with Gasteiger partial charge < -0.3 is 19.9 Å². The molecular formula is C24H29N3O2. The number of hydrogen-bond donors (Lipinski definition) is 2. The Hall–Kier alpha value is -2.95. The van der Waals surface area contributed by atoms with Gasteiger partial charge in [0.1, 0.15) is 5.75 Å². The van der Waals surface area contributed by atoms with Gasteiger partial charge in [0.25, 0.3) is 0 Å². The number of aromatic nitrogens is 1. The van der Waals surface area contributed by atoms with E-state index in [1.165, 1.54) is 16.5 Å². The number of amides is 2. The minimum Gasteiger partial charge on any atom is -0.497 e. The van der Waals surface area contributed by atoms with E-state index in [4.69, 9.17) is 4.74 Å². The summed E-state index contributed by atoms with van der Waals surface area (Å²) in [7, 11) is 1.69. The molecule has 2 amide bonds. The monoisotopic (exact) mass is 391 g/mol. The van der Waals surface area contributed by atoms with E-state index in [0.29, 0.717) is 19.0 Å². The minimum absolute atomic E-state index is 0.00818. The molecule has 0 bridgehead atoms. The van der Waals surface area contributed by atoms with Crippen LogP contribution in [0.15, 0.2) is 42.5 Å². The summed E-state index contributed by atoms with van der Waals surface area (Å²) in [6.45, 7) is 7.65. The topological polar surface area (TPSA) is 57.4 Å². The standard InChI is InChI=1S/C24H29N3O2/c1-15(2)14-25-24(28)27-12-11-19-20-13-18(29-4)9-10-21(20)26-22(19)23(27)17-7-5-16(3)6-8-17/h5-10,13,15,23,26H,11-12,14H2,1-4H3,(H,25,28). The molecule has 4 rings (SSSR count). The highest BCUT2D eigenvalue weighted by molar-refractivity contribution is 5.87. The average molecular weight is 392 g/mol. The Morgan fingerprint density at radius 3 is 2.69 bits per heavy atom. The molecule has 1 aliphatic rings. The SMILES string of the molecule is COc1ccc2[nH]c3c(c2c1)CCN(C(=O)NCC(C)C)C3c1ccc(C)cc1. The predicted octanol–water partition coefficient (Wildman–Crippen LogP) is 4.80. The van der Waals surface area contributed by atoms with Crippen LogP contribution in [0.1, 0.15) is 42.3 Å². The third-order valence-corrected chi connectivity index (χ3v) is 5.65. The van der Waals surface area contributed by atoms with E-state index in [1.807, 2.05) is 11.0 Å². The lowest BCUT2D eigenvalue weighted by atomic mass is 9.92. The fraction of sp³-hybridized carbons (Fsp3) is 0.375. The van der Waals surface area contributed by atoms with Crippen LogP contribution in [0.25, 0.3) is 10.9 Å².